The number of ether oxygens (including phenoxy) is 2. The second kappa shape index (κ2) is 18.5. The van der Waals surface area contributed by atoms with Gasteiger partial charge in [-0.15, -0.1) is 0 Å². The van der Waals surface area contributed by atoms with Crippen molar-refractivity contribution in [2.24, 2.45) is 7.05 Å². The highest BCUT2D eigenvalue weighted by atomic mass is 16.6. The Balaban J connectivity index is 1.49. The number of carbonyl (C=O) groups is 6. The molecule has 2 aromatic carbocycles. The van der Waals surface area contributed by atoms with E-state index in [1.807, 2.05) is 60.7 Å². The third kappa shape index (κ3) is 12.1. The summed E-state index contributed by atoms with van der Waals surface area (Å²) < 4.78 is 12.1. The molecule has 15 heteroatoms. The first-order valence-corrected chi connectivity index (χ1v) is 18.3. The molecule has 2 heterocycles. The Morgan fingerprint density at radius 2 is 1.42 bits per heavy atom. The van der Waals surface area contributed by atoms with Crippen molar-refractivity contribution in [3.05, 3.63) is 90.0 Å². The minimum Gasteiger partial charge on any atom is -0.467 e. The second-order valence-electron chi connectivity index (χ2n) is 15.2. The van der Waals surface area contributed by atoms with Gasteiger partial charge in [-0.1, -0.05) is 60.7 Å². The standard InChI is InChI=1S/C40H53N7O8/c1-39(2,3)55-38(53)44-30(23-28-24-41-25-46(28)6)35(50)47-20-14-19-32(47)34(49)45-40(4,5)37(52)43-29(21-26-15-10-8-11-16-26)33(48)42-31(36(51)54-7)22-27-17-12-9-13-18-27/h8-13,15-18,24-25,29-32H,14,19-23H2,1-7H3,(H,42,48)(H,43,52)(H,44,53)(H,45,49)/t29-,30-,31-,32+/m0/s1. The van der Waals surface area contributed by atoms with Crippen molar-refractivity contribution in [1.29, 1.82) is 0 Å². The van der Waals surface area contributed by atoms with Crippen molar-refractivity contribution in [1.82, 2.24) is 35.7 Å². The zero-order chi connectivity index (χ0) is 40.3. The summed E-state index contributed by atoms with van der Waals surface area (Å²) in [6.45, 7) is 8.40. The molecule has 4 atom stereocenters. The van der Waals surface area contributed by atoms with Gasteiger partial charge in [-0.05, 0) is 58.6 Å². The first kappa shape index (κ1) is 42.0. The molecular weight excluding hydrogens is 706 g/mol. The first-order chi connectivity index (χ1) is 26.0. The van der Waals surface area contributed by atoms with E-state index >= 15 is 0 Å². The van der Waals surface area contributed by atoms with Gasteiger partial charge < -0.3 is 40.2 Å². The molecule has 4 N–H and O–H groups in total. The summed E-state index contributed by atoms with van der Waals surface area (Å²) in [5, 5.41) is 11.0. The molecule has 1 aliphatic heterocycles. The van der Waals surface area contributed by atoms with Crippen LogP contribution in [-0.2, 0) is 59.8 Å². The van der Waals surface area contributed by atoms with Gasteiger partial charge in [0.1, 0.15) is 35.3 Å². The van der Waals surface area contributed by atoms with Crippen LogP contribution in [0.1, 0.15) is 64.3 Å². The van der Waals surface area contributed by atoms with Crippen LogP contribution in [0.3, 0.4) is 0 Å². The molecule has 0 saturated carbocycles. The molecule has 0 bridgehead atoms. The van der Waals surface area contributed by atoms with Crippen molar-refractivity contribution in [3.63, 3.8) is 0 Å². The van der Waals surface area contributed by atoms with E-state index in [0.29, 0.717) is 18.5 Å². The zero-order valence-electron chi connectivity index (χ0n) is 32.6. The number of nitrogens with zero attached hydrogens (tertiary/aromatic N) is 3. The van der Waals surface area contributed by atoms with Crippen molar-refractivity contribution in [3.8, 4) is 0 Å². The number of benzene rings is 2. The van der Waals surface area contributed by atoms with Crippen LogP contribution < -0.4 is 21.3 Å². The monoisotopic (exact) mass is 759 g/mol. The summed E-state index contributed by atoms with van der Waals surface area (Å²) in [5.74, 6) is -2.97. The fraction of sp³-hybridized carbons (Fsp3) is 0.475. The Kier molecular flexibility index (Phi) is 14.2. The van der Waals surface area contributed by atoms with Crippen molar-refractivity contribution in [2.75, 3.05) is 13.7 Å². The van der Waals surface area contributed by atoms with Crippen LogP contribution in [-0.4, -0.2) is 99.1 Å². The highest BCUT2D eigenvalue weighted by molar-refractivity contribution is 5.97. The number of aryl methyl sites for hydroxylation is 1. The SMILES string of the molecule is COC(=O)[C@H](Cc1ccccc1)NC(=O)[C@H](Cc1ccccc1)NC(=O)C(C)(C)NC(=O)[C@H]1CCCN1C(=O)[C@H](Cc1cncn1C)NC(=O)OC(C)(C)C. The lowest BCUT2D eigenvalue weighted by Gasteiger charge is -2.33. The van der Waals surface area contributed by atoms with Gasteiger partial charge in [-0.3, -0.25) is 19.2 Å². The lowest BCUT2D eigenvalue weighted by Crippen LogP contribution is -2.63. The number of esters is 1. The normalized spacial score (nSPS) is 15.9. The lowest BCUT2D eigenvalue weighted by molar-refractivity contribution is -0.145. The highest BCUT2D eigenvalue weighted by Crippen LogP contribution is 2.21. The molecule has 1 aromatic heterocycles. The van der Waals surface area contributed by atoms with Gasteiger partial charge in [0, 0.05) is 44.7 Å². The predicted octanol–water partition coefficient (Wildman–Crippen LogP) is 2.37. The fourth-order valence-corrected chi connectivity index (χ4v) is 6.25. The van der Waals surface area contributed by atoms with Crippen LogP contribution >= 0.6 is 0 Å². The van der Waals surface area contributed by atoms with E-state index in [9.17, 15) is 28.8 Å². The van der Waals surface area contributed by atoms with Crippen molar-refractivity contribution >= 4 is 35.7 Å². The minimum atomic E-state index is -1.54. The fourth-order valence-electron chi connectivity index (χ4n) is 6.25. The number of carbonyl (C=O) groups excluding carboxylic acids is 6. The Morgan fingerprint density at radius 3 is 1.96 bits per heavy atom. The summed E-state index contributed by atoms with van der Waals surface area (Å²) >= 11 is 0. The van der Waals surface area contributed by atoms with Crippen LogP contribution in [0.2, 0.25) is 0 Å². The highest BCUT2D eigenvalue weighted by Gasteiger charge is 2.42. The van der Waals surface area contributed by atoms with Gasteiger partial charge >= 0.3 is 12.1 Å². The Hall–Kier alpha value is -5.73. The Labute approximate surface area is 321 Å². The molecule has 1 aliphatic rings. The van der Waals surface area contributed by atoms with E-state index in [0.717, 1.165) is 11.1 Å². The summed E-state index contributed by atoms with van der Waals surface area (Å²) in [6.07, 6.45) is 3.60. The molecule has 0 aliphatic carbocycles. The number of hydrogen-bond donors (Lipinski definition) is 4. The van der Waals surface area contributed by atoms with E-state index in [1.54, 1.807) is 44.9 Å². The minimum absolute atomic E-state index is 0.0925. The van der Waals surface area contributed by atoms with E-state index in [-0.39, 0.29) is 25.8 Å². The van der Waals surface area contributed by atoms with Crippen LogP contribution in [0.25, 0.3) is 0 Å². The summed E-state index contributed by atoms with van der Waals surface area (Å²) in [6, 6.07) is 14.0. The van der Waals surface area contributed by atoms with Gasteiger partial charge in [0.25, 0.3) is 0 Å². The number of rotatable bonds is 15. The topological polar surface area (TPSA) is 190 Å². The maximum absolute atomic E-state index is 14.1. The molecule has 15 nitrogen and oxygen atoms in total. The Bertz CT molecular complexity index is 1810. The quantitative estimate of drug-likeness (QED) is 0.169. The molecule has 296 valence electrons. The molecule has 3 aromatic rings. The third-order valence-corrected chi connectivity index (χ3v) is 9.15. The number of methoxy groups -OCH3 is 1. The Morgan fingerprint density at radius 1 is 0.818 bits per heavy atom. The maximum Gasteiger partial charge on any atom is 0.408 e. The molecule has 1 saturated heterocycles. The van der Waals surface area contributed by atoms with Crippen LogP contribution in [0.15, 0.2) is 73.2 Å². The summed E-state index contributed by atoms with van der Waals surface area (Å²) in [4.78, 5) is 86.8. The average molecular weight is 760 g/mol. The van der Waals surface area contributed by atoms with Crippen molar-refractivity contribution in [2.45, 2.75) is 102 Å². The number of aromatic nitrogens is 2. The number of imidazole rings is 1. The van der Waals surface area contributed by atoms with Crippen LogP contribution in [0.5, 0.6) is 0 Å². The summed E-state index contributed by atoms with van der Waals surface area (Å²) in [5.41, 5.74) is -0.117. The molecule has 0 spiro atoms. The average Bonchev–Trinajstić information content (AvgIpc) is 3.79. The molecule has 1 fully saturated rings. The number of amides is 5. The van der Waals surface area contributed by atoms with Crippen LogP contribution in [0, 0.1) is 0 Å². The largest absolute Gasteiger partial charge is 0.467 e. The van der Waals surface area contributed by atoms with E-state index in [1.165, 1.54) is 25.9 Å². The number of alkyl carbamates (subject to hydrolysis) is 1. The van der Waals surface area contributed by atoms with Gasteiger partial charge in [0.15, 0.2) is 0 Å². The lowest BCUT2D eigenvalue weighted by atomic mass is 9.99. The van der Waals surface area contributed by atoms with Gasteiger partial charge in [0.05, 0.1) is 13.4 Å². The van der Waals surface area contributed by atoms with E-state index in [2.05, 4.69) is 26.3 Å². The van der Waals surface area contributed by atoms with Gasteiger partial charge in [-0.2, -0.15) is 0 Å². The summed E-state index contributed by atoms with van der Waals surface area (Å²) in [7, 11) is 3.01. The smallest absolute Gasteiger partial charge is 0.408 e. The van der Waals surface area contributed by atoms with Crippen molar-refractivity contribution < 1.29 is 38.2 Å². The zero-order valence-corrected chi connectivity index (χ0v) is 32.6. The maximum atomic E-state index is 14.1. The number of hydrogen-bond acceptors (Lipinski definition) is 9. The number of nitrogens with one attached hydrogen (secondary N) is 4. The molecule has 4 rings (SSSR count). The van der Waals surface area contributed by atoms with Gasteiger partial charge in [-0.25, -0.2) is 14.6 Å². The second-order valence-corrected chi connectivity index (χ2v) is 15.2. The van der Waals surface area contributed by atoms with Gasteiger partial charge in [0.2, 0.25) is 23.6 Å². The number of likely N-dealkylation sites (tertiary alicyclic amines) is 1. The third-order valence-electron chi connectivity index (χ3n) is 9.15. The predicted molar refractivity (Wildman–Crippen MR) is 203 cm³/mol. The molecule has 0 unspecified atom stereocenters. The van der Waals surface area contributed by atoms with E-state index < -0.39 is 71.0 Å². The molecule has 55 heavy (non-hydrogen) atoms. The van der Waals surface area contributed by atoms with E-state index in [4.69, 9.17) is 9.47 Å². The molecule has 5 amide bonds. The first-order valence-electron chi connectivity index (χ1n) is 18.3. The molecule has 0 radical (unpaired) electrons. The van der Waals surface area contributed by atoms with Crippen LogP contribution in [0.4, 0.5) is 4.79 Å². The molecular formula is C40H53N7O8.